The number of likely N-dealkylation sites (tertiary alicyclic amines) is 1. The van der Waals surface area contributed by atoms with E-state index in [2.05, 4.69) is 17.3 Å². The Balaban J connectivity index is 1.79. The first-order valence-electron chi connectivity index (χ1n) is 6.86. The van der Waals surface area contributed by atoms with Crippen LogP contribution in [0.25, 0.3) is 0 Å². The molecular weight excluding hydrogens is 240 g/mol. The molecule has 0 radical (unpaired) electrons. The van der Waals surface area contributed by atoms with E-state index >= 15 is 0 Å². The highest BCUT2D eigenvalue weighted by atomic mass is 16.5. The van der Waals surface area contributed by atoms with Crippen LogP contribution in [0.15, 0.2) is 30.3 Å². The van der Waals surface area contributed by atoms with Crippen LogP contribution < -0.4 is 10.1 Å². The van der Waals surface area contributed by atoms with Crippen LogP contribution in [0.1, 0.15) is 19.8 Å². The maximum Gasteiger partial charge on any atom is 0.260 e. The number of benzene rings is 1. The fourth-order valence-electron chi connectivity index (χ4n) is 2.23. The van der Waals surface area contributed by atoms with Gasteiger partial charge in [0.1, 0.15) is 5.75 Å². The minimum atomic E-state index is -0.456. The molecule has 1 aromatic rings. The zero-order valence-corrected chi connectivity index (χ0v) is 11.6. The van der Waals surface area contributed by atoms with Crippen LogP contribution >= 0.6 is 0 Å². The molecule has 0 saturated carbocycles. The van der Waals surface area contributed by atoms with Crippen LogP contribution in [0.4, 0.5) is 0 Å². The summed E-state index contributed by atoms with van der Waals surface area (Å²) < 4.78 is 5.62. The van der Waals surface area contributed by atoms with Crippen LogP contribution in [0, 0.1) is 0 Å². The highest BCUT2D eigenvalue weighted by Crippen LogP contribution is 2.12. The van der Waals surface area contributed by atoms with E-state index < -0.39 is 6.10 Å². The second kappa shape index (κ2) is 6.57. The summed E-state index contributed by atoms with van der Waals surface area (Å²) in [6.45, 7) is 3.87. The molecule has 4 nitrogen and oxygen atoms in total. The molecule has 104 valence electrons. The zero-order chi connectivity index (χ0) is 13.7. The van der Waals surface area contributed by atoms with Crippen LogP contribution in [0.2, 0.25) is 0 Å². The molecule has 0 aliphatic carbocycles. The van der Waals surface area contributed by atoms with Crippen molar-refractivity contribution in [1.82, 2.24) is 10.2 Å². The van der Waals surface area contributed by atoms with Gasteiger partial charge in [0, 0.05) is 6.04 Å². The van der Waals surface area contributed by atoms with Gasteiger partial charge in [0.05, 0.1) is 0 Å². The summed E-state index contributed by atoms with van der Waals surface area (Å²) in [5.74, 6) is 0.701. The lowest BCUT2D eigenvalue weighted by atomic mass is 10.1. The van der Waals surface area contributed by atoms with E-state index in [0.717, 1.165) is 31.7 Å². The lowest BCUT2D eigenvalue weighted by Crippen LogP contribution is -2.47. The van der Waals surface area contributed by atoms with E-state index in [1.54, 1.807) is 6.92 Å². The molecule has 1 aliphatic heterocycles. The molecule has 0 aromatic heterocycles. The Hall–Kier alpha value is -1.55. The third-order valence-corrected chi connectivity index (χ3v) is 3.49. The van der Waals surface area contributed by atoms with Gasteiger partial charge in [0.15, 0.2) is 6.10 Å². The number of amides is 1. The Morgan fingerprint density at radius 3 is 2.58 bits per heavy atom. The number of hydrogen-bond acceptors (Lipinski definition) is 3. The van der Waals surface area contributed by atoms with E-state index in [4.69, 9.17) is 4.74 Å². The molecule has 1 heterocycles. The molecule has 1 N–H and O–H groups in total. The number of carbonyl (C=O) groups is 1. The molecule has 2 rings (SSSR count). The SMILES string of the molecule is CC(Oc1ccccc1)C(=O)NC1CCN(C)CC1. The first-order valence-corrected chi connectivity index (χ1v) is 6.86. The maximum atomic E-state index is 12.0. The molecule has 19 heavy (non-hydrogen) atoms. The molecule has 0 bridgehead atoms. The van der Waals surface area contributed by atoms with Crippen LogP contribution in [-0.4, -0.2) is 43.1 Å². The first-order chi connectivity index (χ1) is 9.15. The highest BCUT2D eigenvalue weighted by molar-refractivity contribution is 5.81. The monoisotopic (exact) mass is 262 g/mol. The van der Waals surface area contributed by atoms with Gasteiger partial charge >= 0.3 is 0 Å². The molecule has 1 aromatic carbocycles. The summed E-state index contributed by atoms with van der Waals surface area (Å²) in [6.07, 6.45) is 1.57. The summed E-state index contributed by atoms with van der Waals surface area (Å²) in [6, 6.07) is 9.73. The van der Waals surface area contributed by atoms with Crippen molar-refractivity contribution >= 4 is 5.91 Å². The summed E-state index contributed by atoms with van der Waals surface area (Å²) >= 11 is 0. The van der Waals surface area contributed by atoms with Gasteiger partial charge < -0.3 is 15.0 Å². The van der Waals surface area contributed by atoms with Gasteiger partial charge in [-0.1, -0.05) is 18.2 Å². The largest absolute Gasteiger partial charge is 0.481 e. The number of rotatable bonds is 4. The summed E-state index contributed by atoms with van der Waals surface area (Å²) in [4.78, 5) is 14.3. The van der Waals surface area contributed by atoms with Crippen molar-refractivity contribution in [3.8, 4) is 5.75 Å². The topological polar surface area (TPSA) is 41.6 Å². The summed E-state index contributed by atoms with van der Waals surface area (Å²) in [5.41, 5.74) is 0. The average Bonchev–Trinajstić information content (AvgIpc) is 2.42. The lowest BCUT2D eigenvalue weighted by Gasteiger charge is -2.30. The smallest absolute Gasteiger partial charge is 0.260 e. The minimum absolute atomic E-state index is 0.0293. The zero-order valence-electron chi connectivity index (χ0n) is 11.6. The number of nitrogens with one attached hydrogen (secondary N) is 1. The van der Waals surface area contributed by atoms with E-state index in [0.29, 0.717) is 0 Å². The predicted molar refractivity (Wildman–Crippen MR) is 75.2 cm³/mol. The molecule has 4 heteroatoms. The van der Waals surface area contributed by atoms with Crippen molar-refractivity contribution in [3.05, 3.63) is 30.3 Å². The van der Waals surface area contributed by atoms with Crippen molar-refractivity contribution in [2.24, 2.45) is 0 Å². The van der Waals surface area contributed by atoms with Gasteiger partial charge in [-0.3, -0.25) is 4.79 Å². The Kier molecular flexibility index (Phi) is 4.80. The third-order valence-electron chi connectivity index (χ3n) is 3.49. The molecule has 1 atom stereocenters. The third kappa shape index (κ3) is 4.24. The Bertz CT molecular complexity index is 400. The van der Waals surface area contributed by atoms with Crippen LogP contribution in [0.3, 0.4) is 0 Å². The Morgan fingerprint density at radius 2 is 1.95 bits per heavy atom. The number of carbonyl (C=O) groups excluding carboxylic acids is 1. The lowest BCUT2D eigenvalue weighted by molar-refractivity contribution is -0.128. The van der Waals surface area contributed by atoms with E-state index in [1.807, 2.05) is 30.3 Å². The summed E-state index contributed by atoms with van der Waals surface area (Å²) in [5, 5.41) is 3.07. The van der Waals surface area contributed by atoms with Crippen molar-refractivity contribution in [2.75, 3.05) is 20.1 Å². The Labute approximate surface area is 114 Å². The van der Waals surface area contributed by atoms with Gasteiger partial charge in [-0.15, -0.1) is 0 Å². The normalized spacial score (nSPS) is 18.8. The van der Waals surface area contributed by atoms with Gasteiger partial charge in [-0.05, 0) is 52.0 Å². The van der Waals surface area contributed by atoms with E-state index in [1.165, 1.54) is 0 Å². The average molecular weight is 262 g/mol. The van der Waals surface area contributed by atoms with Crippen molar-refractivity contribution in [1.29, 1.82) is 0 Å². The molecule has 1 unspecified atom stereocenters. The fraction of sp³-hybridized carbons (Fsp3) is 0.533. The van der Waals surface area contributed by atoms with E-state index in [-0.39, 0.29) is 11.9 Å². The highest BCUT2D eigenvalue weighted by Gasteiger charge is 2.22. The maximum absolute atomic E-state index is 12.0. The number of hydrogen-bond donors (Lipinski definition) is 1. The number of piperidine rings is 1. The van der Waals surface area contributed by atoms with Crippen LogP contribution in [-0.2, 0) is 4.79 Å². The van der Waals surface area contributed by atoms with Crippen molar-refractivity contribution in [3.63, 3.8) is 0 Å². The van der Waals surface area contributed by atoms with Crippen LogP contribution in [0.5, 0.6) is 5.75 Å². The van der Waals surface area contributed by atoms with Gasteiger partial charge in [0.2, 0.25) is 0 Å². The number of para-hydroxylation sites is 1. The van der Waals surface area contributed by atoms with Gasteiger partial charge in [0.25, 0.3) is 5.91 Å². The number of nitrogens with zero attached hydrogens (tertiary/aromatic N) is 1. The van der Waals surface area contributed by atoms with E-state index in [9.17, 15) is 4.79 Å². The standard InChI is InChI=1S/C15H22N2O2/c1-12(19-14-6-4-3-5-7-14)15(18)16-13-8-10-17(2)11-9-13/h3-7,12-13H,8-11H2,1-2H3,(H,16,18). The molecular formula is C15H22N2O2. The molecule has 1 fully saturated rings. The fourth-order valence-corrected chi connectivity index (χ4v) is 2.23. The minimum Gasteiger partial charge on any atom is -0.481 e. The van der Waals surface area contributed by atoms with Crippen molar-refractivity contribution in [2.45, 2.75) is 31.9 Å². The molecule has 0 spiro atoms. The van der Waals surface area contributed by atoms with Gasteiger partial charge in [-0.2, -0.15) is 0 Å². The molecule has 1 amide bonds. The molecule has 1 saturated heterocycles. The second-order valence-electron chi connectivity index (χ2n) is 5.16. The van der Waals surface area contributed by atoms with Crippen molar-refractivity contribution < 1.29 is 9.53 Å². The summed E-state index contributed by atoms with van der Waals surface area (Å²) in [7, 11) is 2.11. The molecule has 1 aliphatic rings. The number of ether oxygens (including phenoxy) is 1. The first kappa shape index (κ1) is 13.9. The predicted octanol–water partition coefficient (Wildman–Crippen LogP) is 1.66. The quantitative estimate of drug-likeness (QED) is 0.897. The van der Waals surface area contributed by atoms with Gasteiger partial charge in [-0.25, -0.2) is 0 Å². The Morgan fingerprint density at radius 1 is 1.32 bits per heavy atom. The second-order valence-corrected chi connectivity index (χ2v) is 5.16.